The van der Waals surface area contributed by atoms with Crippen molar-refractivity contribution in [2.75, 3.05) is 25.5 Å². The molecule has 1 fully saturated rings. The molecule has 0 unspecified atom stereocenters. The molecule has 154 valence electrons. The third-order valence-electron chi connectivity index (χ3n) is 4.56. The number of nitrogens with one attached hydrogen (secondary N) is 2. The van der Waals surface area contributed by atoms with E-state index >= 15 is 0 Å². The Balaban J connectivity index is 1.91. The molecule has 3 rings (SSSR count). The number of esters is 1. The van der Waals surface area contributed by atoms with Crippen molar-refractivity contribution in [3.63, 3.8) is 0 Å². The van der Waals surface area contributed by atoms with Crippen LogP contribution in [-0.4, -0.2) is 54.7 Å². The number of benzene rings is 1. The summed E-state index contributed by atoms with van der Waals surface area (Å²) in [5.41, 5.74) is -1.78. The number of halogens is 3. The molecular formula is C18H16F3N3O5. The van der Waals surface area contributed by atoms with Crippen LogP contribution in [0.25, 0.3) is 0 Å². The van der Waals surface area contributed by atoms with Crippen LogP contribution in [0.4, 0.5) is 18.9 Å². The number of rotatable bonds is 3. The van der Waals surface area contributed by atoms with Gasteiger partial charge in [0.05, 0.1) is 12.7 Å². The number of hydrogen-bond acceptors (Lipinski definition) is 6. The van der Waals surface area contributed by atoms with E-state index in [1.165, 1.54) is 11.0 Å². The van der Waals surface area contributed by atoms with E-state index in [4.69, 9.17) is 0 Å². The lowest BCUT2D eigenvalue weighted by Crippen LogP contribution is -2.57. The molecule has 1 atom stereocenters. The highest BCUT2D eigenvalue weighted by Gasteiger charge is 2.44. The summed E-state index contributed by atoms with van der Waals surface area (Å²) in [5.74, 6) is -3.23. The lowest BCUT2D eigenvalue weighted by Gasteiger charge is -2.40. The highest BCUT2D eigenvalue weighted by molar-refractivity contribution is 6.24. The number of anilines is 1. The molecule has 0 radical (unpaired) electrons. The number of carbonyl (C=O) groups is 4. The van der Waals surface area contributed by atoms with Gasteiger partial charge in [0.15, 0.2) is 5.78 Å². The maximum absolute atomic E-state index is 12.9. The Morgan fingerprint density at radius 2 is 2.00 bits per heavy atom. The first-order valence-corrected chi connectivity index (χ1v) is 8.52. The molecule has 1 saturated heterocycles. The smallest absolute Gasteiger partial charge is 0.416 e. The van der Waals surface area contributed by atoms with Crippen LogP contribution in [0, 0.1) is 0 Å². The highest BCUT2D eigenvalue weighted by atomic mass is 19.4. The summed E-state index contributed by atoms with van der Waals surface area (Å²) in [7, 11) is 1.06. The highest BCUT2D eigenvalue weighted by Crippen LogP contribution is 2.32. The van der Waals surface area contributed by atoms with Gasteiger partial charge in [0.2, 0.25) is 5.91 Å². The molecule has 2 amide bonds. The van der Waals surface area contributed by atoms with Gasteiger partial charge < -0.3 is 20.3 Å². The zero-order valence-electron chi connectivity index (χ0n) is 15.1. The fourth-order valence-corrected chi connectivity index (χ4v) is 3.25. The summed E-state index contributed by atoms with van der Waals surface area (Å²) in [4.78, 5) is 50.7. The first-order chi connectivity index (χ1) is 13.6. The van der Waals surface area contributed by atoms with Crippen LogP contribution in [0.15, 0.2) is 35.5 Å². The second-order valence-corrected chi connectivity index (χ2v) is 6.38. The van der Waals surface area contributed by atoms with Gasteiger partial charge in [-0.3, -0.25) is 14.4 Å². The van der Waals surface area contributed by atoms with E-state index in [0.29, 0.717) is 0 Å². The van der Waals surface area contributed by atoms with E-state index in [0.717, 1.165) is 25.3 Å². The first-order valence-electron chi connectivity index (χ1n) is 8.52. The van der Waals surface area contributed by atoms with Crippen molar-refractivity contribution in [2.24, 2.45) is 0 Å². The fourth-order valence-electron chi connectivity index (χ4n) is 3.25. The average Bonchev–Trinajstić information content (AvgIpc) is 2.67. The number of carbonyl (C=O) groups excluding carboxylic acids is 4. The molecule has 0 aliphatic carbocycles. The van der Waals surface area contributed by atoms with Crippen molar-refractivity contribution in [3.05, 3.63) is 41.1 Å². The minimum atomic E-state index is -4.59. The van der Waals surface area contributed by atoms with Crippen molar-refractivity contribution in [1.82, 2.24) is 10.2 Å². The minimum absolute atomic E-state index is 0.108. The molecule has 29 heavy (non-hydrogen) atoms. The second kappa shape index (κ2) is 7.57. The molecule has 2 heterocycles. The van der Waals surface area contributed by atoms with Gasteiger partial charge in [-0.1, -0.05) is 6.07 Å². The molecule has 2 aliphatic heterocycles. The van der Waals surface area contributed by atoms with Gasteiger partial charge in [0.25, 0.3) is 5.91 Å². The predicted octanol–water partition coefficient (Wildman–Crippen LogP) is 0.844. The SMILES string of the molecule is COC(=O)C1=C2C(=O)NCCN2[C@@H](C(=O)Nc2cccc(C(F)(F)F)c2)CC1=O. The number of Topliss-reactive ketones (excluding diaryl/α,β-unsaturated/α-hetero) is 1. The molecule has 2 aliphatic rings. The third-order valence-corrected chi connectivity index (χ3v) is 4.56. The van der Waals surface area contributed by atoms with Crippen LogP contribution >= 0.6 is 0 Å². The number of hydrogen-bond donors (Lipinski definition) is 2. The maximum atomic E-state index is 12.9. The molecule has 2 N–H and O–H groups in total. The van der Waals surface area contributed by atoms with Gasteiger partial charge in [-0.15, -0.1) is 0 Å². The lowest BCUT2D eigenvalue weighted by atomic mass is 9.92. The fraction of sp³-hybridized carbons (Fsp3) is 0.333. The van der Waals surface area contributed by atoms with Crippen molar-refractivity contribution in [2.45, 2.75) is 18.6 Å². The van der Waals surface area contributed by atoms with E-state index in [9.17, 15) is 32.3 Å². The molecule has 1 aromatic carbocycles. The van der Waals surface area contributed by atoms with E-state index in [-0.39, 0.29) is 24.5 Å². The van der Waals surface area contributed by atoms with Gasteiger partial charge in [0.1, 0.15) is 17.3 Å². The van der Waals surface area contributed by atoms with E-state index in [1.54, 1.807) is 0 Å². The van der Waals surface area contributed by atoms with E-state index in [2.05, 4.69) is 15.4 Å². The minimum Gasteiger partial charge on any atom is -0.465 e. The topological polar surface area (TPSA) is 105 Å². The third kappa shape index (κ3) is 3.93. The molecular weight excluding hydrogens is 395 g/mol. The Labute approximate surface area is 162 Å². The Bertz CT molecular complexity index is 926. The Morgan fingerprint density at radius 3 is 2.66 bits per heavy atom. The summed E-state index contributed by atoms with van der Waals surface area (Å²) in [6.07, 6.45) is -5.01. The second-order valence-electron chi connectivity index (χ2n) is 6.38. The predicted molar refractivity (Wildman–Crippen MR) is 92.2 cm³/mol. The van der Waals surface area contributed by atoms with Crippen molar-refractivity contribution >= 4 is 29.3 Å². The molecule has 8 nitrogen and oxygen atoms in total. The number of piperazine rings is 1. The number of fused-ring (bicyclic) bond motifs is 1. The van der Waals surface area contributed by atoms with Crippen LogP contribution in [-0.2, 0) is 30.1 Å². The number of nitrogens with zero attached hydrogens (tertiary/aromatic N) is 1. The quantitative estimate of drug-likeness (QED) is 0.564. The Kier molecular flexibility index (Phi) is 5.31. The van der Waals surface area contributed by atoms with Gasteiger partial charge in [-0.25, -0.2) is 4.79 Å². The number of alkyl halides is 3. The number of amides is 2. The number of methoxy groups -OCH3 is 1. The summed E-state index contributed by atoms with van der Waals surface area (Å²) < 4.78 is 43.2. The molecule has 1 aromatic rings. The Hall–Kier alpha value is -3.37. The summed E-state index contributed by atoms with van der Waals surface area (Å²) in [6, 6.07) is 2.88. The van der Waals surface area contributed by atoms with Crippen LogP contribution < -0.4 is 10.6 Å². The molecule has 11 heteroatoms. The molecule has 0 bridgehead atoms. The molecule has 0 spiro atoms. The van der Waals surface area contributed by atoms with Crippen molar-refractivity contribution in [1.29, 1.82) is 0 Å². The molecule has 0 aromatic heterocycles. The average molecular weight is 411 g/mol. The van der Waals surface area contributed by atoms with Crippen molar-refractivity contribution < 1.29 is 37.1 Å². The standard InChI is InChI=1S/C18H16F3N3O5/c1-29-17(28)13-12(25)8-11(24-6-5-22-16(27)14(13)24)15(26)23-10-4-2-3-9(7-10)18(19,20)21/h2-4,7,11H,5-6,8H2,1H3,(H,22,27)(H,23,26)/t11-/m1/s1. The first kappa shape index (κ1) is 20.4. The number of ketones is 1. The van der Waals surface area contributed by atoms with Crippen molar-refractivity contribution in [3.8, 4) is 0 Å². The van der Waals surface area contributed by atoms with Gasteiger partial charge in [0, 0.05) is 25.2 Å². The largest absolute Gasteiger partial charge is 0.465 e. The van der Waals surface area contributed by atoms with Crippen LogP contribution in [0.3, 0.4) is 0 Å². The summed E-state index contributed by atoms with van der Waals surface area (Å²) in [6.45, 7) is 0.299. The van der Waals surface area contributed by atoms with E-state index in [1.807, 2.05) is 0 Å². The van der Waals surface area contributed by atoms with Gasteiger partial charge in [-0.05, 0) is 18.2 Å². The summed E-state index contributed by atoms with van der Waals surface area (Å²) >= 11 is 0. The number of ether oxygens (including phenoxy) is 1. The molecule has 0 saturated carbocycles. The van der Waals surface area contributed by atoms with Gasteiger partial charge in [-0.2, -0.15) is 13.2 Å². The maximum Gasteiger partial charge on any atom is 0.416 e. The summed E-state index contributed by atoms with van der Waals surface area (Å²) in [5, 5.41) is 4.84. The van der Waals surface area contributed by atoms with Crippen LogP contribution in [0.2, 0.25) is 0 Å². The van der Waals surface area contributed by atoms with Gasteiger partial charge >= 0.3 is 12.1 Å². The Morgan fingerprint density at radius 1 is 1.28 bits per heavy atom. The monoisotopic (exact) mass is 411 g/mol. The zero-order valence-corrected chi connectivity index (χ0v) is 15.1. The zero-order chi connectivity index (χ0) is 21.3. The van der Waals surface area contributed by atoms with E-state index < -0.39 is 53.3 Å². The van der Waals surface area contributed by atoms with Crippen LogP contribution in [0.5, 0.6) is 0 Å². The van der Waals surface area contributed by atoms with Crippen LogP contribution in [0.1, 0.15) is 12.0 Å². The normalized spacial score (nSPS) is 19.4. The lowest BCUT2D eigenvalue weighted by molar-refractivity contribution is -0.141.